The van der Waals surface area contributed by atoms with Crippen LogP contribution in [0.4, 0.5) is 0 Å². The van der Waals surface area contributed by atoms with Gasteiger partial charge < -0.3 is 10.6 Å². The molecule has 0 fully saturated rings. The first-order chi connectivity index (χ1) is 11.6. The summed E-state index contributed by atoms with van der Waals surface area (Å²) in [4.78, 5) is 24.1. The molecule has 0 radical (unpaired) electrons. The van der Waals surface area contributed by atoms with Crippen molar-refractivity contribution >= 4 is 11.8 Å². The molecule has 0 aliphatic carbocycles. The van der Waals surface area contributed by atoms with Crippen molar-refractivity contribution in [3.05, 3.63) is 35.4 Å². The van der Waals surface area contributed by atoms with Crippen LogP contribution in [0.15, 0.2) is 24.3 Å². The summed E-state index contributed by atoms with van der Waals surface area (Å²) in [6, 6.07) is 8.47. The fourth-order valence-electron chi connectivity index (χ4n) is 2.56. The maximum Gasteiger partial charge on any atom is 0.225 e. The van der Waals surface area contributed by atoms with Gasteiger partial charge in [-0.05, 0) is 29.9 Å². The summed E-state index contributed by atoms with van der Waals surface area (Å²) in [5.41, 5.74) is 2.05. The van der Waals surface area contributed by atoms with Gasteiger partial charge >= 0.3 is 0 Å². The first kappa shape index (κ1) is 21.2. The average molecular weight is 347 g/mol. The molecule has 4 heteroatoms. The van der Waals surface area contributed by atoms with E-state index in [-0.39, 0.29) is 17.9 Å². The molecule has 25 heavy (non-hydrogen) atoms. The number of benzene rings is 1. The fraction of sp³-hybridized carbons (Fsp3) is 0.619. The highest BCUT2D eigenvalue weighted by atomic mass is 16.2. The van der Waals surface area contributed by atoms with E-state index in [0.29, 0.717) is 25.3 Å². The number of hydrogen-bond donors (Lipinski definition) is 2. The second-order valence-corrected chi connectivity index (χ2v) is 7.99. The molecule has 4 nitrogen and oxygen atoms in total. The van der Waals surface area contributed by atoms with Crippen molar-refractivity contribution in [1.29, 1.82) is 0 Å². The van der Waals surface area contributed by atoms with Crippen molar-refractivity contribution in [3.63, 3.8) is 0 Å². The number of aryl methyl sites for hydroxylation is 1. The van der Waals surface area contributed by atoms with E-state index in [0.717, 1.165) is 12.0 Å². The Hall–Kier alpha value is -1.84. The molecule has 1 atom stereocenters. The molecule has 1 rings (SSSR count). The summed E-state index contributed by atoms with van der Waals surface area (Å²) in [6.45, 7) is 12.5. The van der Waals surface area contributed by atoms with E-state index >= 15 is 0 Å². The van der Waals surface area contributed by atoms with Crippen molar-refractivity contribution in [2.24, 2.45) is 11.3 Å². The number of nitrogens with one attached hydrogen (secondary N) is 2. The van der Waals surface area contributed by atoms with Gasteiger partial charge in [-0.3, -0.25) is 9.59 Å². The number of carbonyl (C=O) groups is 2. The maximum atomic E-state index is 12.3. The van der Waals surface area contributed by atoms with Gasteiger partial charge in [0, 0.05) is 18.4 Å². The van der Waals surface area contributed by atoms with Crippen molar-refractivity contribution in [1.82, 2.24) is 10.6 Å². The number of carbonyl (C=O) groups excluding carboxylic acids is 2. The lowest BCUT2D eigenvalue weighted by atomic mass is 9.94. The van der Waals surface area contributed by atoms with Crippen LogP contribution < -0.4 is 10.6 Å². The molecule has 0 heterocycles. The topological polar surface area (TPSA) is 58.2 Å². The Bertz CT molecular complexity index is 556. The van der Waals surface area contributed by atoms with Gasteiger partial charge in [-0.2, -0.15) is 0 Å². The quantitative estimate of drug-likeness (QED) is 0.699. The highest BCUT2D eigenvalue weighted by molar-refractivity contribution is 5.81. The lowest BCUT2D eigenvalue weighted by Gasteiger charge is -2.23. The van der Waals surface area contributed by atoms with Crippen LogP contribution in [0.25, 0.3) is 0 Å². The van der Waals surface area contributed by atoms with Crippen LogP contribution in [-0.2, 0) is 16.0 Å². The standard InChI is InChI=1S/C21H34N2O2/c1-7-16-10-12-17(13-11-16)19(15(2)3)23-18(24)9-8-14-22-20(25)21(4,5)6/h10-13,15,19H,7-9,14H2,1-6H3,(H,22,25)(H,23,24). The van der Waals surface area contributed by atoms with Gasteiger partial charge in [-0.1, -0.05) is 65.8 Å². The molecule has 0 aromatic heterocycles. The van der Waals surface area contributed by atoms with Crippen molar-refractivity contribution < 1.29 is 9.59 Å². The van der Waals surface area contributed by atoms with Crippen LogP contribution in [0, 0.1) is 11.3 Å². The Morgan fingerprint density at radius 3 is 2.16 bits per heavy atom. The molecule has 0 aliphatic rings. The highest BCUT2D eigenvalue weighted by Crippen LogP contribution is 2.22. The summed E-state index contributed by atoms with van der Waals surface area (Å²) in [7, 11) is 0. The molecule has 140 valence electrons. The van der Waals surface area contributed by atoms with Gasteiger partial charge in [0.05, 0.1) is 6.04 Å². The minimum Gasteiger partial charge on any atom is -0.356 e. The molecular weight excluding hydrogens is 312 g/mol. The number of amides is 2. The Balaban J connectivity index is 2.50. The zero-order valence-electron chi connectivity index (χ0n) is 16.6. The van der Waals surface area contributed by atoms with E-state index in [1.165, 1.54) is 5.56 Å². The third kappa shape index (κ3) is 7.29. The van der Waals surface area contributed by atoms with Gasteiger partial charge in [-0.25, -0.2) is 0 Å². The van der Waals surface area contributed by atoms with E-state index in [4.69, 9.17) is 0 Å². The number of rotatable bonds is 8. The smallest absolute Gasteiger partial charge is 0.225 e. The summed E-state index contributed by atoms with van der Waals surface area (Å²) >= 11 is 0. The Morgan fingerprint density at radius 2 is 1.68 bits per heavy atom. The molecule has 0 saturated carbocycles. The summed E-state index contributed by atoms with van der Waals surface area (Å²) in [5, 5.41) is 6.02. The van der Waals surface area contributed by atoms with Gasteiger partial charge in [0.25, 0.3) is 0 Å². The van der Waals surface area contributed by atoms with Crippen LogP contribution in [0.1, 0.15) is 71.6 Å². The monoisotopic (exact) mass is 346 g/mol. The van der Waals surface area contributed by atoms with E-state index < -0.39 is 5.41 Å². The van der Waals surface area contributed by atoms with E-state index in [2.05, 4.69) is 55.7 Å². The van der Waals surface area contributed by atoms with Crippen LogP contribution >= 0.6 is 0 Å². The molecule has 0 spiro atoms. The highest BCUT2D eigenvalue weighted by Gasteiger charge is 2.21. The summed E-state index contributed by atoms with van der Waals surface area (Å²) < 4.78 is 0. The third-order valence-electron chi connectivity index (χ3n) is 4.28. The molecule has 1 aromatic rings. The van der Waals surface area contributed by atoms with E-state index in [9.17, 15) is 9.59 Å². The molecule has 2 amide bonds. The van der Waals surface area contributed by atoms with Crippen molar-refractivity contribution in [2.45, 2.75) is 66.8 Å². The van der Waals surface area contributed by atoms with Crippen LogP contribution in [0.3, 0.4) is 0 Å². The second-order valence-electron chi connectivity index (χ2n) is 7.99. The normalized spacial score (nSPS) is 12.8. The third-order valence-corrected chi connectivity index (χ3v) is 4.28. The summed E-state index contributed by atoms with van der Waals surface area (Å²) in [6.07, 6.45) is 2.08. The van der Waals surface area contributed by atoms with Gasteiger partial charge in [0.2, 0.25) is 11.8 Å². The van der Waals surface area contributed by atoms with Gasteiger partial charge in [0.15, 0.2) is 0 Å². The largest absolute Gasteiger partial charge is 0.356 e. The van der Waals surface area contributed by atoms with E-state index in [1.54, 1.807) is 0 Å². The molecular formula is C21H34N2O2. The molecule has 2 N–H and O–H groups in total. The van der Waals surface area contributed by atoms with Crippen LogP contribution in [0.5, 0.6) is 0 Å². The Kier molecular flexibility index (Phi) is 8.14. The predicted molar refractivity (Wildman–Crippen MR) is 103 cm³/mol. The lowest BCUT2D eigenvalue weighted by Crippen LogP contribution is -2.36. The predicted octanol–water partition coefficient (Wildman–Crippen LogP) is 4.00. The Morgan fingerprint density at radius 1 is 1.08 bits per heavy atom. The molecule has 1 aromatic carbocycles. The van der Waals surface area contributed by atoms with E-state index in [1.807, 2.05) is 20.8 Å². The second kappa shape index (κ2) is 9.59. The Labute approximate surface area is 152 Å². The molecule has 0 saturated heterocycles. The SMILES string of the molecule is CCc1ccc(C(NC(=O)CCCNC(=O)C(C)(C)C)C(C)C)cc1. The molecule has 1 unspecified atom stereocenters. The summed E-state index contributed by atoms with van der Waals surface area (Å²) in [5.74, 6) is 0.365. The van der Waals surface area contributed by atoms with Crippen LogP contribution in [-0.4, -0.2) is 18.4 Å². The number of hydrogen-bond acceptors (Lipinski definition) is 2. The first-order valence-corrected chi connectivity index (χ1v) is 9.31. The molecule has 0 bridgehead atoms. The average Bonchev–Trinajstić information content (AvgIpc) is 2.55. The lowest BCUT2D eigenvalue weighted by molar-refractivity contribution is -0.128. The first-order valence-electron chi connectivity index (χ1n) is 9.31. The van der Waals surface area contributed by atoms with Crippen molar-refractivity contribution in [3.8, 4) is 0 Å². The minimum absolute atomic E-state index is 0.0163. The minimum atomic E-state index is -0.393. The molecule has 0 aliphatic heterocycles. The fourth-order valence-corrected chi connectivity index (χ4v) is 2.56. The maximum absolute atomic E-state index is 12.3. The zero-order chi connectivity index (χ0) is 19.0. The zero-order valence-corrected chi connectivity index (χ0v) is 16.6. The van der Waals surface area contributed by atoms with Gasteiger partial charge in [-0.15, -0.1) is 0 Å². The van der Waals surface area contributed by atoms with Crippen LogP contribution in [0.2, 0.25) is 0 Å². The van der Waals surface area contributed by atoms with Gasteiger partial charge in [0.1, 0.15) is 0 Å². The van der Waals surface area contributed by atoms with Crippen molar-refractivity contribution in [2.75, 3.05) is 6.54 Å².